The Labute approximate surface area is 126 Å². The summed E-state index contributed by atoms with van der Waals surface area (Å²) in [6.45, 7) is 5.65. The lowest BCUT2D eigenvalue weighted by Crippen LogP contribution is -2.33. The van der Waals surface area contributed by atoms with E-state index >= 15 is 0 Å². The highest BCUT2D eigenvalue weighted by Crippen LogP contribution is 2.14. The molecular formula is C14H19N3O3S. The van der Waals surface area contributed by atoms with Crippen molar-refractivity contribution in [3.05, 3.63) is 27.6 Å². The van der Waals surface area contributed by atoms with E-state index in [0.29, 0.717) is 23.6 Å². The average Bonchev–Trinajstić information content (AvgIpc) is 2.94. The Morgan fingerprint density at radius 1 is 1.57 bits per heavy atom. The van der Waals surface area contributed by atoms with Crippen molar-refractivity contribution in [3.63, 3.8) is 0 Å². The van der Waals surface area contributed by atoms with Crippen LogP contribution in [0, 0.1) is 5.92 Å². The first-order valence-electron chi connectivity index (χ1n) is 6.81. The largest absolute Gasteiger partial charge is 0.469 e. The second-order valence-electron chi connectivity index (χ2n) is 4.90. The van der Waals surface area contributed by atoms with Gasteiger partial charge in [-0.25, -0.2) is 4.98 Å². The van der Waals surface area contributed by atoms with E-state index in [1.165, 1.54) is 18.4 Å². The van der Waals surface area contributed by atoms with Gasteiger partial charge in [-0.05, 0) is 18.0 Å². The van der Waals surface area contributed by atoms with E-state index in [1.807, 2.05) is 25.3 Å². The number of thiophene rings is 1. The molecule has 1 unspecified atom stereocenters. The number of fused-ring (bicyclic) bond motifs is 1. The fourth-order valence-electron chi connectivity index (χ4n) is 2.18. The molecule has 0 saturated carbocycles. The predicted molar refractivity (Wildman–Crippen MR) is 82.4 cm³/mol. The molecule has 0 aromatic carbocycles. The van der Waals surface area contributed by atoms with E-state index in [4.69, 9.17) is 4.74 Å². The Morgan fingerprint density at radius 2 is 2.33 bits per heavy atom. The molecule has 0 fully saturated rings. The van der Waals surface area contributed by atoms with Crippen LogP contribution in [0.25, 0.3) is 10.2 Å². The number of nitrogens with zero attached hydrogens (tertiary/aromatic N) is 2. The van der Waals surface area contributed by atoms with Gasteiger partial charge in [0.2, 0.25) is 0 Å². The summed E-state index contributed by atoms with van der Waals surface area (Å²) in [6.07, 6.45) is 0. The van der Waals surface area contributed by atoms with Gasteiger partial charge in [0.15, 0.2) is 0 Å². The lowest BCUT2D eigenvalue weighted by Gasteiger charge is -2.22. The number of hydrogen-bond donors (Lipinski definition) is 1. The number of esters is 1. The number of aromatic amines is 1. The molecule has 0 radical (unpaired) electrons. The van der Waals surface area contributed by atoms with Crippen LogP contribution in [0.4, 0.5) is 0 Å². The third-order valence-corrected chi connectivity index (χ3v) is 4.22. The minimum atomic E-state index is -0.233. The Balaban J connectivity index is 2.13. The first-order valence-corrected chi connectivity index (χ1v) is 7.69. The average molecular weight is 309 g/mol. The predicted octanol–water partition coefficient (Wildman–Crippen LogP) is 1.62. The lowest BCUT2D eigenvalue weighted by molar-refractivity contribution is -0.145. The van der Waals surface area contributed by atoms with Crippen molar-refractivity contribution in [2.75, 3.05) is 20.2 Å². The van der Waals surface area contributed by atoms with Crippen LogP contribution < -0.4 is 5.56 Å². The molecule has 0 spiro atoms. The molecule has 2 heterocycles. The standard InChI is InChI=1S/C14H19N3O3S/c1-4-17(7-9(2)14(19)20-3)8-11-15-10-5-6-21-12(10)13(18)16-11/h5-6,9H,4,7-8H2,1-3H3,(H,15,16,18). The molecule has 0 aliphatic carbocycles. The summed E-state index contributed by atoms with van der Waals surface area (Å²) in [5, 5.41) is 1.85. The molecule has 0 aliphatic rings. The summed E-state index contributed by atoms with van der Waals surface area (Å²) >= 11 is 1.38. The summed E-state index contributed by atoms with van der Waals surface area (Å²) in [6, 6.07) is 1.84. The van der Waals surface area contributed by atoms with E-state index in [1.54, 1.807) is 0 Å². The summed E-state index contributed by atoms with van der Waals surface area (Å²) in [4.78, 5) is 32.7. The highest BCUT2D eigenvalue weighted by Gasteiger charge is 2.17. The minimum absolute atomic E-state index is 0.109. The normalized spacial score (nSPS) is 12.8. The minimum Gasteiger partial charge on any atom is -0.469 e. The number of methoxy groups -OCH3 is 1. The van der Waals surface area contributed by atoms with Crippen molar-refractivity contribution in [2.24, 2.45) is 5.92 Å². The molecule has 6 nitrogen and oxygen atoms in total. The Morgan fingerprint density at radius 3 is 3.00 bits per heavy atom. The highest BCUT2D eigenvalue weighted by atomic mass is 32.1. The van der Waals surface area contributed by atoms with Gasteiger partial charge in [-0.2, -0.15) is 0 Å². The van der Waals surface area contributed by atoms with E-state index < -0.39 is 0 Å². The molecule has 21 heavy (non-hydrogen) atoms. The lowest BCUT2D eigenvalue weighted by atomic mass is 10.1. The van der Waals surface area contributed by atoms with Crippen LogP contribution in [0.3, 0.4) is 0 Å². The van der Waals surface area contributed by atoms with Crippen molar-refractivity contribution < 1.29 is 9.53 Å². The van der Waals surface area contributed by atoms with E-state index in [0.717, 1.165) is 12.1 Å². The maximum atomic E-state index is 11.9. The van der Waals surface area contributed by atoms with Crippen LogP contribution >= 0.6 is 11.3 Å². The number of carbonyl (C=O) groups excluding carboxylic acids is 1. The molecular weight excluding hydrogens is 290 g/mol. The van der Waals surface area contributed by atoms with Gasteiger partial charge in [-0.1, -0.05) is 13.8 Å². The zero-order chi connectivity index (χ0) is 15.4. The fraction of sp³-hybridized carbons (Fsp3) is 0.500. The van der Waals surface area contributed by atoms with Gasteiger partial charge in [-0.3, -0.25) is 14.5 Å². The van der Waals surface area contributed by atoms with Crippen molar-refractivity contribution in [2.45, 2.75) is 20.4 Å². The van der Waals surface area contributed by atoms with Crippen LogP contribution in [0.5, 0.6) is 0 Å². The molecule has 1 atom stereocenters. The SMILES string of the molecule is CCN(Cc1nc2ccsc2c(=O)[nH]1)CC(C)C(=O)OC. The summed E-state index contributed by atoms with van der Waals surface area (Å²) in [7, 11) is 1.39. The topological polar surface area (TPSA) is 75.3 Å². The third kappa shape index (κ3) is 3.68. The monoisotopic (exact) mass is 309 g/mol. The van der Waals surface area contributed by atoms with Gasteiger partial charge in [0.25, 0.3) is 5.56 Å². The van der Waals surface area contributed by atoms with E-state index in [9.17, 15) is 9.59 Å². The molecule has 7 heteroatoms. The number of aromatic nitrogens is 2. The summed E-state index contributed by atoms with van der Waals surface area (Å²) in [5.41, 5.74) is 0.609. The maximum Gasteiger partial charge on any atom is 0.309 e. The molecule has 0 amide bonds. The van der Waals surface area contributed by atoms with Crippen molar-refractivity contribution in [1.82, 2.24) is 14.9 Å². The fourth-order valence-corrected chi connectivity index (χ4v) is 2.90. The van der Waals surface area contributed by atoms with Gasteiger partial charge in [0.1, 0.15) is 10.5 Å². The second-order valence-corrected chi connectivity index (χ2v) is 5.82. The van der Waals surface area contributed by atoms with E-state index in [-0.39, 0.29) is 17.4 Å². The molecule has 2 aromatic rings. The number of H-pyrrole nitrogens is 1. The van der Waals surface area contributed by atoms with Gasteiger partial charge in [0.05, 0.1) is 25.1 Å². The molecule has 114 valence electrons. The van der Waals surface area contributed by atoms with Crippen LogP contribution in [-0.4, -0.2) is 41.0 Å². The van der Waals surface area contributed by atoms with Crippen LogP contribution in [0.15, 0.2) is 16.2 Å². The number of rotatable bonds is 6. The highest BCUT2D eigenvalue weighted by molar-refractivity contribution is 7.17. The van der Waals surface area contributed by atoms with Gasteiger partial charge in [-0.15, -0.1) is 11.3 Å². The second kappa shape index (κ2) is 6.82. The van der Waals surface area contributed by atoms with Gasteiger partial charge < -0.3 is 9.72 Å². The smallest absolute Gasteiger partial charge is 0.309 e. The van der Waals surface area contributed by atoms with Gasteiger partial charge in [0, 0.05) is 6.54 Å². The molecule has 1 N–H and O–H groups in total. The van der Waals surface area contributed by atoms with E-state index in [2.05, 4.69) is 14.9 Å². The maximum absolute atomic E-state index is 11.9. The van der Waals surface area contributed by atoms with Crippen LogP contribution in [-0.2, 0) is 16.1 Å². The zero-order valence-electron chi connectivity index (χ0n) is 12.4. The first-order chi connectivity index (χ1) is 10.0. The first kappa shape index (κ1) is 15.7. The summed E-state index contributed by atoms with van der Waals surface area (Å²) < 4.78 is 5.38. The van der Waals surface area contributed by atoms with Crippen molar-refractivity contribution in [1.29, 1.82) is 0 Å². The zero-order valence-corrected chi connectivity index (χ0v) is 13.2. The quantitative estimate of drug-likeness (QED) is 0.821. The molecule has 2 rings (SSSR count). The summed E-state index contributed by atoms with van der Waals surface area (Å²) in [5.74, 6) is 0.166. The van der Waals surface area contributed by atoms with Crippen LogP contribution in [0.1, 0.15) is 19.7 Å². The number of carbonyl (C=O) groups is 1. The Kier molecular flexibility index (Phi) is 5.08. The molecule has 2 aromatic heterocycles. The number of ether oxygens (including phenoxy) is 1. The number of hydrogen-bond acceptors (Lipinski definition) is 6. The third-order valence-electron chi connectivity index (χ3n) is 3.32. The number of nitrogens with one attached hydrogen (secondary N) is 1. The molecule has 0 bridgehead atoms. The Hall–Kier alpha value is -1.73. The molecule has 0 aliphatic heterocycles. The van der Waals surface area contributed by atoms with Crippen molar-refractivity contribution >= 4 is 27.5 Å². The van der Waals surface area contributed by atoms with Gasteiger partial charge >= 0.3 is 5.97 Å². The van der Waals surface area contributed by atoms with Crippen LogP contribution in [0.2, 0.25) is 0 Å². The van der Waals surface area contributed by atoms with Crippen molar-refractivity contribution in [3.8, 4) is 0 Å². The Bertz CT molecular complexity index is 679. The molecule has 0 saturated heterocycles.